The zero-order chi connectivity index (χ0) is 32.5. The van der Waals surface area contributed by atoms with Crippen LogP contribution in [0.4, 0.5) is 0 Å². The zero-order valence-electron chi connectivity index (χ0n) is 27.4. The number of hydrogen-bond acceptors (Lipinski definition) is 10. The summed E-state index contributed by atoms with van der Waals surface area (Å²) < 4.78 is 22.9. The fraction of sp³-hybridized carbons (Fsp3) is 0.500. The Morgan fingerprint density at radius 2 is 1.17 bits per heavy atom. The Bertz CT molecular complexity index is 1360. The van der Waals surface area contributed by atoms with Gasteiger partial charge in [0.1, 0.15) is 24.6 Å². The van der Waals surface area contributed by atoms with Gasteiger partial charge < -0.3 is 18.9 Å². The number of rotatable bonds is 14. The van der Waals surface area contributed by atoms with Gasteiger partial charge in [0.2, 0.25) is 11.8 Å². The number of aromatic nitrogens is 2. The fourth-order valence-electron chi connectivity index (χ4n) is 6.19. The monoisotopic (exact) mass is 630 g/mol. The van der Waals surface area contributed by atoms with Crippen LogP contribution in [0.1, 0.15) is 85.2 Å². The summed E-state index contributed by atoms with van der Waals surface area (Å²) in [6.45, 7) is 9.91. The lowest BCUT2D eigenvalue weighted by Gasteiger charge is -2.26. The first-order chi connectivity index (χ1) is 22.3. The Labute approximate surface area is 272 Å². The maximum Gasteiger partial charge on any atom is 0.343 e. The molecule has 5 rings (SSSR count). The van der Waals surface area contributed by atoms with Crippen molar-refractivity contribution in [3.8, 4) is 11.8 Å². The number of benzene rings is 1. The van der Waals surface area contributed by atoms with Gasteiger partial charge in [0.15, 0.2) is 0 Å². The molecule has 2 aromatic heterocycles. The van der Waals surface area contributed by atoms with Crippen molar-refractivity contribution in [3.05, 3.63) is 83.2 Å². The van der Waals surface area contributed by atoms with Gasteiger partial charge in [0.25, 0.3) is 0 Å². The molecule has 10 nitrogen and oxygen atoms in total. The van der Waals surface area contributed by atoms with Gasteiger partial charge >= 0.3 is 11.9 Å². The average Bonchev–Trinajstić information content (AvgIpc) is 3.67. The van der Waals surface area contributed by atoms with Crippen molar-refractivity contribution in [3.63, 3.8) is 0 Å². The second-order valence-corrected chi connectivity index (χ2v) is 12.6. The first kappa shape index (κ1) is 33.3. The molecule has 2 fully saturated rings. The van der Waals surface area contributed by atoms with Crippen LogP contribution in [0.15, 0.2) is 60.9 Å². The number of likely N-dealkylation sites (tertiary alicyclic amines) is 2. The van der Waals surface area contributed by atoms with Crippen LogP contribution < -0.4 is 9.47 Å². The van der Waals surface area contributed by atoms with E-state index >= 15 is 0 Å². The molecule has 0 spiro atoms. The van der Waals surface area contributed by atoms with Crippen molar-refractivity contribution in [1.82, 2.24) is 19.8 Å². The van der Waals surface area contributed by atoms with E-state index in [4.69, 9.17) is 18.9 Å². The third kappa shape index (κ3) is 9.04. The van der Waals surface area contributed by atoms with Crippen molar-refractivity contribution >= 4 is 11.9 Å². The van der Waals surface area contributed by atoms with Gasteiger partial charge in [-0.25, -0.2) is 19.6 Å². The molecule has 46 heavy (non-hydrogen) atoms. The highest BCUT2D eigenvalue weighted by Crippen LogP contribution is 2.26. The topological polar surface area (TPSA) is 103 Å². The first-order valence-electron chi connectivity index (χ1n) is 16.4. The molecule has 2 atom stereocenters. The van der Waals surface area contributed by atoms with Gasteiger partial charge in [-0.15, -0.1) is 0 Å². The first-order valence-corrected chi connectivity index (χ1v) is 16.4. The molecule has 246 valence electrons. The highest BCUT2D eigenvalue weighted by molar-refractivity contribution is 5.92. The van der Waals surface area contributed by atoms with E-state index in [1.807, 2.05) is 27.7 Å². The van der Waals surface area contributed by atoms with E-state index in [0.29, 0.717) is 48.4 Å². The smallest absolute Gasteiger partial charge is 0.343 e. The summed E-state index contributed by atoms with van der Waals surface area (Å²) in [6, 6.07) is 16.4. The number of pyridine rings is 2. The largest absolute Gasteiger partial charge is 0.461 e. The molecule has 0 amide bonds. The molecule has 0 saturated carbocycles. The minimum Gasteiger partial charge on any atom is -0.461 e. The van der Waals surface area contributed by atoms with Crippen molar-refractivity contribution in [2.45, 2.75) is 90.5 Å². The summed E-state index contributed by atoms with van der Waals surface area (Å²) in [5.41, 5.74) is 3.30. The molecule has 0 radical (unpaired) electrons. The van der Waals surface area contributed by atoms with E-state index in [0.717, 1.165) is 51.6 Å². The molecule has 0 bridgehead atoms. The van der Waals surface area contributed by atoms with Crippen LogP contribution in [0, 0.1) is 0 Å². The highest BCUT2D eigenvalue weighted by Gasteiger charge is 2.28. The molecule has 1 aromatic carbocycles. The Morgan fingerprint density at radius 1 is 0.717 bits per heavy atom. The SMILES string of the molecule is CC(C)OC(=O)c1cccnc1OCN1CCC[C@H]1Cc1cccc(C[C@@H]2CCCN2COc2ncccc2C(=O)OC(C)C)c1. The van der Waals surface area contributed by atoms with Crippen LogP contribution in [0.5, 0.6) is 11.8 Å². The molecule has 0 aliphatic carbocycles. The fourth-order valence-corrected chi connectivity index (χ4v) is 6.19. The normalized spacial score (nSPS) is 18.7. The van der Waals surface area contributed by atoms with Gasteiger partial charge in [0.05, 0.1) is 12.2 Å². The maximum atomic E-state index is 12.5. The molecule has 3 aromatic rings. The van der Waals surface area contributed by atoms with Gasteiger partial charge in [-0.05, 0) is 102 Å². The van der Waals surface area contributed by atoms with E-state index in [9.17, 15) is 9.59 Å². The Balaban J connectivity index is 1.16. The molecule has 2 saturated heterocycles. The average molecular weight is 631 g/mol. The Hall–Kier alpha value is -4.02. The summed E-state index contributed by atoms with van der Waals surface area (Å²) in [6.07, 6.45) is 9.06. The lowest BCUT2D eigenvalue weighted by molar-refractivity contribution is 0.0354. The summed E-state index contributed by atoms with van der Waals surface area (Å²) in [4.78, 5) is 38.4. The summed E-state index contributed by atoms with van der Waals surface area (Å²) in [7, 11) is 0. The molecule has 4 heterocycles. The predicted octanol–water partition coefficient (Wildman–Crippen LogP) is 5.69. The van der Waals surface area contributed by atoms with Crippen molar-refractivity contribution < 1.29 is 28.5 Å². The van der Waals surface area contributed by atoms with E-state index in [-0.39, 0.29) is 12.2 Å². The number of ether oxygens (including phenoxy) is 4. The quantitative estimate of drug-likeness (QED) is 0.206. The molecule has 2 aliphatic rings. The second-order valence-electron chi connectivity index (χ2n) is 12.6. The summed E-state index contributed by atoms with van der Waals surface area (Å²) >= 11 is 0. The van der Waals surface area contributed by atoms with Crippen LogP contribution in [-0.4, -0.2) is 82.5 Å². The van der Waals surface area contributed by atoms with Crippen molar-refractivity contribution in [2.24, 2.45) is 0 Å². The van der Waals surface area contributed by atoms with Crippen LogP contribution in [-0.2, 0) is 22.3 Å². The van der Waals surface area contributed by atoms with Crippen LogP contribution in [0.25, 0.3) is 0 Å². The molecule has 0 unspecified atom stereocenters. The third-order valence-electron chi connectivity index (χ3n) is 8.33. The lowest BCUT2D eigenvalue weighted by Crippen LogP contribution is -2.35. The number of carbonyl (C=O) groups is 2. The summed E-state index contributed by atoms with van der Waals surface area (Å²) in [5, 5.41) is 0. The van der Waals surface area contributed by atoms with E-state index in [1.54, 1.807) is 36.7 Å². The van der Waals surface area contributed by atoms with Crippen molar-refractivity contribution in [2.75, 3.05) is 26.6 Å². The molecule has 10 heteroatoms. The minimum absolute atomic E-state index is 0.217. The van der Waals surface area contributed by atoms with E-state index < -0.39 is 11.9 Å². The zero-order valence-corrected chi connectivity index (χ0v) is 27.4. The standard InChI is InChI=1S/C36H46N4O6/c1-25(2)45-35(41)31-14-6-16-37-33(31)43-23-39-18-8-12-29(39)21-27-10-5-11-28(20-27)22-30-13-9-19-40(30)24-44-34-32(15-7-17-38-34)36(42)46-26(3)4/h5-7,10-11,14-17,20,25-26,29-30H,8-9,12-13,18-19,21-24H2,1-4H3/t29-,30-/m0/s1. The second kappa shape index (κ2) is 16.0. The number of esters is 2. The summed E-state index contributed by atoms with van der Waals surface area (Å²) in [5.74, 6) is -0.234. The molecular formula is C36H46N4O6. The van der Waals surface area contributed by atoms with Crippen LogP contribution in [0.2, 0.25) is 0 Å². The van der Waals surface area contributed by atoms with Crippen LogP contribution in [0.3, 0.4) is 0 Å². The molecular weight excluding hydrogens is 584 g/mol. The lowest BCUT2D eigenvalue weighted by atomic mass is 9.98. The maximum absolute atomic E-state index is 12.5. The Kier molecular flexibility index (Phi) is 11.6. The number of carbonyl (C=O) groups excluding carboxylic acids is 2. The van der Waals surface area contributed by atoms with Crippen molar-refractivity contribution in [1.29, 1.82) is 0 Å². The molecule has 2 aliphatic heterocycles. The Morgan fingerprint density at radius 3 is 1.61 bits per heavy atom. The minimum atomic E-state index is -0.423. The number of hydrogen-bond donors (Lipinski definition) is 0. The van der Waals surface area contributed by atoms with Gasteiger partial charge in [-0.1, -0.05) is 24.3 Å². The van der Waals surface area contributed by atoms with E-state index in [1.165, 1.54) is 11.1 Å². The predicted molar refractivity (Wildman–Crippen MR) is 174 cm³/mol. The number of nitrogens with zero attached hydrogens (tertiary/aromatic N) is 4. The van der Waals surface area contributed by atoms with Gasteiger partial charge in [-0.3, -0.25) is 9.80 Å². The van der Waals surface area contributed by atoms with Gasteiger partial charge in [-0.2, -0.15) is 0 Å². The van der Waals surface area contributed by atoms with Crippen LogP contribution >= 0.6 is 0 Å². The third-order valence-corrected chi connectivity index (χ3v) is 8.33. The highest BCUT2D eigenvalue weighted by atomic mass is 16.6. The van der Waals surface area contributed by atoms with E-state index in [2.05, 4.69) is 44.0 Å². The van der Waals surface area contributed by atoms with Gasteiger partial charge in [0, 0.05) is 37.6 Å². The molecule has 0 N–H and O–H groups in total.